The fraction of sp³-hybridized carbons (Fsp3) is 0.429. The van der Waals surface area contributed by atoms with Gasteiger partial charge in [-0.05, 0) is 45.7 Å². The number of hydrogen-bond donors (Lipinski definition) is 2. The average Bonchev–Trinajstić information content (AvgIpc) is 2.67. The van der Waals surface area contributed by atoms with E-state index in [4.69, 9.17) is 15.3 Å². The summed E-state index contributed by atoms with van der Waals surface area (Å²) in [6.45, 7) is 6.88. The fourth-order valence-electron chi connectivity index (χ4n) is 3.01. The highest BCUT2D eigenvalue weighted by atomic mass is 16.6. The van der Waals surface area contributed by atoms with E-state index in [1.807, 2.05) is 45.0 Å². The molecule has 0 bridgehead atoms. The number of alkyl carbamates (subject to hydrolysis) is 1. The number of ether oxygens (including phenoxy) is 1. The number of amides is 1. The molecule has 0 saturated carbocycles. The van der Waals surface area contributed by atoms with E-state index in [0.29, 0.717) is 18.8 Å². The smallest absolute Gasteiger partial charge is 0.407 e. The lowest BCUT2D eigenvalue weighted by atomic mass is 10.0. The zero-order valence-corrected chi connectivity index (χ0v) is 16.8. The third-order valence-corrected chi connectivity index (χ3v) is 4.31. The Balaban J connectivity index is 2.07. The molecule has 0 radical (unpaired) electrons. The maximum Gasteiger partial charge on any atom is 0.407 e. The third-order valence-electron chi connectivity index (χ3n) is 4.31. The van der Waals surface area contributed by atoms with Gasteiger partial charge in [-0.25, -0.2) is 4.79 Å². The summed E-state index contributed by atoms with van der Waals surface area (Å²) in [4.78, 5) is 14.1. The average molecular weight is 392 g/mol. The van der Waals surface area contributed by atoms with Crippen molar-refractivity contribution in [1.29, 1.82) is 15.8 Å². The van der Waals surface area contributed by atoms with Crippen molar-refractivity contribution in [2.75, 3.05) is 23.3 Å². The molecule has 0 aromatic heterocycles. The highest BCUT2D eigenvalue weighted by Crippen LogP contribution is 2.29. The minimum Gasteiger partial charge on any atom is -0.444 e. The van der Waals surface area contributed by atoms with Crippen LogP contribution in [0.5, 0.6) is 0 Å². The van der Waals surface area contributed by atoms with Crippen LogP contribution in [0.15, 0.2) is 35.5 Å². The van der Waals surface area contributed by atoms with Gasteiger partial charge in [-0.1, -0.05) is 12.1 Å². The van der Waals surface area contributed by atoms with Crippen LogP contribution < -0.4 is 15.5 Å². The van der Waals surface area contributed by atoms with Crippen LogP contribution in [0.25, 0.3) is 0 Å². The lowest BCUT2D eigenvalue weighted by Crippen LogP contribution is -2.46. The molecule has 1 heterocycles. The standard InChI is InChI=1S/C21H24N6O2/c1-21(2,3)29-20(28)25-16-8-10-27(11-9-16)19-7-5-4-6-17(19)26-18(14-24)15(12-22)13-23/h4-7,16,26H,8-11H2,1-3H3,(H,25,28). The number of rotatable bonds is 4. The number of nitrogens with zero attached hydrogens (tertiary/aromatic N) is 4. The maximum atomic E-state index is 12.0. The van der Waals surface area contributed by atoms with Crippen LogP contribution in [0.3, 0.4) is 0 Å². The lowest BCUT2D eigenvalue weighted by molar-refractivity contribution is 0.0497. The van der Waals surface area contributed by atoms with E-state index in [1.165, 1.54) is 0 Å². The predicted molar refractivity (Wildman–Crippen MR) is 109 cm³/mol. The van der Waals surface area contributed by atoms with Gasteiger partial charge in [-0.3, -0.25) is 0 Å². The van der Waals surface area contributed by atoms with E-state index in [0.717, 1.165) is 18.5 Å². The van der Waals surface area contributed by atoms with E-state index in [9.17, 15) is 10.1 Å². The second-order valence-corrected chi connectivity index (χ2v) is 7.64. The van der Waals surface area contributed by atoms with Crippen molar-refractivity contribution in [3.63, 3.8) is 0 Å². The molecule has 1 aliphatic heterocycles. The summed E-state index contributed by atoms with van der Waals surface area (Å²) in [5.74, 6) is 0. The first-order valence-corrected chi connectivity index (χ1v) is 9.32. The molecular weight excluding hydrogens is 368 g/mol. The highest BCUT2D eigenvalue weighted by Gasteiger charge is 2.24. The van der Waals surface area contributed by atoms with Gasteiger partial charge in [0, 0.05) is 19.1 Å². The molecule has 1 aromatic carbocycles. The highest BCUT2D eigenvalue weighted by molar-refractivity contribution is 5.74. The number of para-hydroxylation sites is 2. The number of allylic oxidation sites excluding steroid dienone is 2. The second kappa shape index (κ2) is 9.48. The zero-order valence-electron chi connectivity index (χ0n) is 16.8. The number of piperidine rings is 1. The summed E-state index contributed by atoms with van der Waals surface area (Å²) in [7, 11) is 0. The van der Waals surface area contributed by atoms with E-state index in [1.54, 1.807) is 18.2 Å². The summed E-state index contributed by atoms with van der Waals surface area (Å²) < 4.78 is 5.31. The first-order valence-electron chi connectivity index (χ1n) is 9.32. The molecule has 1 fully saturated rings. The maximum absolute atomic E-state index is 12.0. The Hall–Kier alpha value is -3.70. The molecule has 1 amide bonds. The first kappa shape index (κ1) is 21.6. The molecule has 8 nitrogen and oxygen atoms in total. The van der Waals surface area contributed by atoms with E-state index < -0.39 is 11.7 Å². The number of nitriles is 3. The molecule has 1 aromatic rings. The summed E-state index contributed by atoms with van der Waals surface area (Å²) in [6.07, 6.45) is 1.08. The molecular formula is C21H24N6O2. The van der Waals surface area contributed by atoms with Crippen molar-refractivity contribution in [3.8, 4) is 18.2 Å². The molecule has 8 heteroatoms. The monoisotopic (exact) mass is 392 g/mol. The summed E-state index contributed by atoms with van der Waals surface area (Å²) in [5, 5.41) is 33.1. The largest absolute Gasteiger partial charge is 0.444 e. The number of carbonyl (C=O) groups is 1. The van der Waals surface area contributed by atoms with Crippen LogP contribution in [0.4, 0.5) is 16.2 Å². The molecule has 150 valence electrons. The van der Waals surface area contributed by atoms with Crippen LogP contribution >= 0.6 is 0 Å². The first-order chi connectivity index (χ1) is 13.8. The Kier molecular flexibility index (Phi) is 7.06. The van der Waals surface area contributed by atoms with Crippen LogP contribution in [0, 0.1) is 34.0 Å². The molecule has 1 aliphatic rings. The third kappa shape index (κ3) is 6.16. The number of hydrogen-bond acceptors (Lipinski definition) is 7. The number of benzene rings is 1. The second-order valence-electron chi connectivity index (χ2n) is 7.64. The van der Waals surface area contributed by atoms with Crippen molar-refractivity contribution in [3.05, 3.63) is 35.5 Å². The van der Waals surface area contributed by atoms with Gasteiger partial charge in [0.1, 0.15) is 29.5 Å². The fourth-order valence-corrected chi connectivity index (χ4v) is 3.01. The molecule has 1 saturated heterocycles. The van der Waals surface area contributed by atoms with Crippen molar-refractivity contribution in [2.45, 2.75) is 45.3 Å². The van der Waals surface area contributed by atoms with E-state index in [2.05, 4.69) is 15.5 Å². The summed E-state index contributed by atoms with van der Waals surface area (Å²) in [6, 6.07) is 12.8. The predicted octanol–water partition coefficient (Wildman–Crippen LogP) is 3.42. The van der Waals surface area contributed by atoms with Gasteiger partial charge in [0.15, 0.2) is 5.57 Å². The minimum absolute atomic E-state index is 0.0274. The Morgan fingerprint density at radius 1 is 1.10 bits per heavy atom. The number of anilines is 2. The van der Waals surface area contributed by atoms with E-state index in [-0.39, 0.29) is 17.3 Å². The van der Waals surface area contributed by atoms with Crippen molar-refractivity contribution in [1.82, 2.24) is 5.32 Å². The Morgan fingerprint density at radius 2 is 1.72 bits per heavy atom. The van der Waals surface area contributed by atoms with Crippen LogP contribution in [-0.2, 0) is 4.74 Å². The molecule has 0 spiro atoms. The molecule has 2 N–H and O–H groups in total. The SMILES string of the molecule is CC(C)(C)OC(=O)NC1CCN(c2ccccc2NC(C#N)=C(C#N)C#N)CC1. The van der Waals surface area contributed by atoms with Crippen LogP contribution in [0.2, 0.25) is 0 Å². The number of carbonyl (C=O) groups excluding carboxylic acids is 1. The van der Waals surface area contributed by atoms with Gasteiger partial charge in [-0.15, -0.1) is 0 Å². The minimum atomic E-state index is -0.535. The Morgan fingerprint density at radius 3 is 2.28 bits per heavy atom. The number of nitrogens with one attached hydrogen (secondary N) is 2. The van der Waals surface area contributed by atoms with Crippen LogP contribution in [0.1, 0.15) is 33.6 Å². The van der Waals surface area contributed by atoms with Gasteiger partial charge in [-0.2, -0.15) is 15.8 Å². The zero-order chi connectivity index (χ0) is 21.4. The van der Waals surface area contributed by atoms with Crippen molar-refractivity contribution in [2.24, 2.45) is 0 Å². The van der Waals surface area contributed by atoms with Crippen molar-refractivity contribution < 1.29 is 9.53 Å². The topological polar surface area (TPSA) is 125 Å². The summed E-state index contributed by atoms with van der Waals surface area (Å²) in [5.41, 5.74) is 0.635. The van der Waals surface area contributed by atoms with Crippen molar-refractivity contribution >= 4 is 17.5 Å². The van der Waals surface area contributed by atoms with Crippen LogP contribution in [-0.4, -0.2) is 30.8 Å². The van der Waals surface area contributed by atoms with Gasteiger partial charge in [0.25, 0.3) is 0 Å². The van der Waals surface area contributed by atoms with Gasteiger partial charge in [0.2, 0.25) is 0 Å². The molecule has 29 heavy (non-hydrogen) atoms. The lowest BCUT2D eigenvalue weighted by Gasteiger charge is -2.35. The molecule has 0 atom stereocenters. The summed E-state index contributed by atoms with van der Waals surface area (Å²) >= 11 is 0. The molecule has 0 aliphatic carbocycles. The van der Waals surface area contributed by atoms with Gasteiger partial charge < -0.3 is 20.3 Å². The molecule has 2 rings (SSSR count). The van der Waals surface area contributed by atoms with E-state index >= 15 is 0 Å². The Bertz CT molecular complexity index is 887. The van der Waals surface area contributed by atoms with Gasteiger partial charge >= 0.3 is 6.09 Å². The Labute approximate surface area is 171 Å². The normalized spacial score (nSPS) is 14.0. The molecule has 0 unspecified atom stereocenters. The quantitative estimate of drug-likeness (QED) is 0.752. The van der Waals surface area contributed by atoms with Gasteiger partial charge in [0.05, 0.1) is 11.4 Å².